The van der Waals surface area contributed by atoms with Gasteiger partial charge in [-0.3, -0.25) is 9.36 Å². The van der Waals surface area contributed by atoms with Gasteiger partial charge in [0.2, 0.25) is 0 Å². The lowest BCUT2D eigenvalue weighted by molar-refractivity contribution is 0.0735. The van der Waals surface area contributed by atoms with Gasteiger partial charge in [0.05, 0.1) is 29.4 Å². The number of aromatic nitrogens is 3. The van der Waals surface area contributed by atoms with Crippen LogP contribution in [0.15, 0.2) is 59.8 Å². The van der Waals surface area contributed by atoms with E-state index in [1.807, 2.05) is 42.5 Å². The molecular formula is C25H22N4O2. The first kappa shape index (κ1) is 19.4. The Labute approximate surface area is 179 Å². The minimum Gasteiger partial charge on any atom is -0.391 e. The molecule has 2 atom stereocenters. The number of rotatable bonds is 3. The van der Waals surface area contributed by atoms with E-state index in [4.69, 9.17) is 5.26 Å². The summed E-state index contributed by atoms with van der Waals surface area (Å²) in [5.74, 6) is 0. The van der Waals surface area contributed by atoms with E-state index in [-0.39, 0.29) is 11.6 Å². The Bertz CT molecular complexity index is 1370. The molecule has 154 valence electrons. The Morgan fingerprint density at radius 3 is 2.61 bits per heavy atom. The molecule has 1 saturated carbocycles. The molecule has 0 bridgehead atoms. The van der Waals surface area contributed by atoms with Crippen molar-refractivity contribution in [2.75, 3.05) is 0 Å². The first-order valence-corrected chi connectivity index (χ1v) is 10.6. The average molecular weight is 410 g/mol. The van der Waals surface area contributed by atoms with Gasteiger partial charge in [0.1, 0.15) is 11.8 Å². The molecule has 6 heteroatoms. The number of hydrogen-bond donors (Lipinski definition) is 1. The molecule has 1 N–H and O–H groups in total. The van der Waals surface area contributed by atoms with Crippen molar-refractivity contribution in [3.05, 3.63) is 82.2 Å². The fourth-order valence-corrected chi connectivity index (χ4v) is 4.66. The van der Waals surface area contributed by atoms with E-state index in [0.717, 1.165) is 41.2 Å². The highest BCUT2D eigenvalue weighted by molar-refractivity contribution is 6.06. The molecule has 0 radical (unpaired) electrons. The fraction of sp³-hybridized carbons (Fsp3) is 0.280. The lowest BCUT2D eigenvalue weighted by Crippen LogP contribution is -2.34. The molecule has 5 rings (SSSR count). The minimum absolute atomic E-state index is 0.110. The molecule has 1 aliphatic carbocycles. The summed E-state index contributed by atoms with van der Waals surface area (Å²) >= 11 is 0. The number of benzene rings is 2. The Kier molecular flexibility index (Phi) is 4.97. The van der Waals surface area contributed by atoms with Crippen LogP contribution in [0.3, 0.4) is 0 Å². The van der Waals surface area contributed by atoms with Crippen molar-refractivity contribution >= 4 is 21.7 Å². The summed E-state index contributed by atoms with van der Waals surface area (Å²) in [4.78, 5) is 22.3. The zero-order valence-corrected chi connectivity index (χ0v) is 17.0. The molecular weight excluding hydrogens is 388 g/mol. The van der Waals surface area contributed by atoms with E-state index in [2.05, 4.69) is 9.97 Å². The Morgan fingerprint density at radius 1 is 1.06 bits per heavy atom. The van der Waals surface area contributed by atoms with Crippen LogP contribution < -0.4 is 5.56 Å². The standard InChI is InChI=1S/C25H22N4O2/c26-13-18-10-9-16(14-27-18)11-17-12-21-24(20-6-2-1-5-19(17)20)28-15-29(25(21)31)22-7-3-4-8-23(22)30/h1-2,5-6,9-10,12,14-15,22-23,30H,3-4,7-8,11H2/t22-,23-/m0/s1. The van der Waals surface area contributed by atoms with Crippen LogP contribution in [0.4, 0.5) is 0 Å². The maximum atomic E-state index is 13.5. The number of nitrogens with zero attached hydrogens (tertiary/aromatic N) is 4. The molecule has 4 aromatic rings. The highest BCUT2D eigenvalue weighted by Gasteiger charge is 2.26. The number of aliphatic hydroxyl groups excluding tert-OH is 1. The van der Waals surface area contributed by atoms with Crippen molar-refractivity contribution in [3.8, 4) is 6.07 Å². The highest BCUT2D eigenvalue weighted by Crippen LogP contribution is 2.30. The molecule has 1 aliphatic rings. The van der Waals surface area contributed by atoms with Gasteiger partial charge in [-0.15, -0.1) is 0 Å². The van der Waals surface area contributed by atoms with Gasteiger partial charge in [0.15, 0.2) is 0 Å². The van der Waals surface area contributed by atoms with Crippen LogP contribution in [0.25, 0.3) is 21.7 Å². The number of hydrogen-bond acceptors (Lipinski definition) is 5. The normalized spacial score (nSPS) is 18.8. The Morgan fingerprint density at radius 2 is 1.87 bits per heavy atom. The van der Waals surface area contributed by atoms with Crippen LogP contribution in [0, 0.1) is 11.3 Å². The fourth-order valence-electron chi connectivity index (χ4n) is 4.66. The van der Waals surface area contributed by atoms with E-state index >= 15 is 0 Å². The summed E-state index contributed by atoms with van der Waals surface area (Å²) in [5, 5.41) is 22.0. The summed E-state index contributed by atoms with van der Waals surface area (Å²) < 4.78 is 1.62. The topological polar surface area (TPSA) is 91.8 Å². The van der Waals surface area contributed by atoms with Crippen LogP contribution in [-0.4, -0.2) is 25.7 Å². The monoisotopic (exact) mass is 410 g/mol. The third-order valence-electron chi connectivity index (χ3n) is 6.26. The number of pyridine rings is 1. The van der Waals surface area contributed by atoms with Gasteiger partial charge in [0.25, 0.3) is 5.56 Å². The zero-order chi connectivity index (χ0) is 21.4. The average Bonchev–Trinajstić information content (AvgIpc) is 2.81. The van der Waals surface area contributed by atoms with Crippen molar-refractivity contribution in [2.45, 2.75) is 44.2 Å². The predicted molar refractivity (Wildman–Crippen MR) is 119 cm³/mol. The summed E-state index contributed by atoms with van der Waals surface area (Å²) in [7, 11) is 0. The highest BCUT2D eigenvalue weighted by atomic mass is 16.3. The lowest BCUT2D eigenvalue weighted by Gasteiger charge is -2.29. The molecule has 0 unspecified atom stereocenters. The van der Waals surface area contributed by atoms with Gasteiger partial charge in [-0.2, -0.15) is 5.26 Å². The minimum atomic E-state index is -0.518. The van der Waals surface area contributed by atoms with Crippen LogP contribution in [0.1, 0.15) is 48.5 Å². The summed E-state index contributed by atoms with van der Waals surface area (Å²) in [6.07, 6.45) is 6.86. The molecule has 31 heavy (non-hydrogen) atoms. The third kappa shape index (κ3) is 3.47. The molecule has 0 saturated heterocycles. The smallest absolute Gasteiger partial charge is 0.261 e. The molecule has 0 amide bonds. The first-order chi connectivity index (χ1) is 15.2. The van der Waals surface area contributed by atoms with Gasteiger partial charge in [-0.05, 0) is 47.9 Å². The molecule has 6 nitrogen and oxygen atoms in total. The van der Waals surface area contributed by atoms with E-state index in [9.17, 15) is 9.90 Å². The van der Waals surface area contributed by atoms with Crippen LogP contribution in [0.2, 0.25) is 0 Å². The van der Waals surface area contributed by atoms with E-state index < -0.39 is 6.10 Å². The van der Waals surface area contributed by atoms with Crippen molar-refractivity contribution in [3.63, 3.8) is 0 Å². The van der Waals surface area contributed by atoms with E-state index in [1.54, 1.807) is 23.2 Å². The molecule has 2 aromatic carbocycles. The van der Waals surface area contributed by atoms with E-state index in [1.165, 1.54) is 0 Å². The number of nitriles is 1. The molecule has 1 fully saturated rings. The summed E-state index contributed by atoms with van der Waals surface area (Å²) in [6.45, 7) is 0. The van der Waals surface area contributed by atoms with E-state index in [0.29, 0.717) is 29.4 Å². The predicted octanol–water partition coefficient (Wildman–Crippen LogP) is 3.88. The van der Waals surface area contributed by atoms with Gasteiger partial charge in [0, 0.05) is 11.6 Å². The van der Waals surface area contributed by atoms with Crippen molar-refractivity contribution in [2.24, 2.45) is 0 Å². The third-order valence-corrected chi connectivity index (χ3v) is 6.26. The Balaban J connectivity index is 1.68. The van der Waals surface area contributed by atoms with Crippen LogP contribution >= 0.6 is 0 Å². The van der Waals surface area contributed by atoms with Gasteiger partial charge in [-0.25, -0.2) is 9.97 Å². The van der Waals surface area contributed by atoms with Crippen molar-refractivity contribution < 1.29 is 5.11 Å². The molecule has 0 aliphatic heterocycles. The maximum Gasteiger partial charge on any atom is 0.261 e. The van der Waals surface area contributed by atoms with Crippen LogP contribution in [0.5, 0.6) is 0 Å². The second kappa shape index (κ2) is 7.93. The second-order valence-corrected chi connectivity index (χ2v) is 8.19. The molecule has 0 spiro atoms. The van der Waals surface area contributed by atoms with Gasteiger partial charge < -0.3 is 5.11 Å². The zero-order valence-electron chi connectivity index (χ0n) is 17.0. The number of aliphatic hydroxyl groups is 1. The molecule has 2 heterocycles. The SMILES string of the molecule is N#Cc1ccc(Cc2cc3c(=O)n([C@H]4CCCC[C@@H]4O)cnc3c3ccccc23)cn1. The molecule has 2 aromatic heterocycles. The lowest BCUT2D eigenvalue weighted by atomic mass is 9.92. The van der Waals surface area contributed by atoms with Crippen molar-refractivity contribution in [1.29, 1.82) is 5.26 Å². The maximum absolute atomic E-state index is 13.5. The number of fused-ring (bicyclic) bond motifs is 3. The van der Waals surface area contributed by atoms with Crippen molar-refractivity contribution in [1.82, 2.24) is 14.5 Å². The quantitative estimate of drug-likeness (QED) is 0.518. The van der Waals surface area contributed by atoms with Gasteiger partial charge in [-0.1, -0.05) is 43.2 Å². The van der Waals surface area contributed by atoms with Gasteiger partial charge >= 0.3 is 0 Å². The second-order valence-electron chi connectivity index (χ2n) is 8.19. The largest absolute Gasteiger partial charge is 0.391 e. The first-order valence-electron chi connectivity index (χ1n) is 10.6. The summed E-state index contributed by atoms with van der Waals surface area (Å²) in [6, 6.07) is 15.3. The Hall–Kier alpha value is -3.56. The summed E-state index contributed by atoms with van der Waals surface area (Å²) in [5.41, 5.74) is 2.93. The van der Waals surface area contributed by atoms with Crippen LogP contribution in [-0.2, 0) is 6.42 Å².